The molecule has 1 aromatic heterocycles. The standard InChI is InChI=1S/C7H9N2O2.Al/c10-4-2-7(11)5-6-1-3-8-9-6;/h1,3-4,7,11H,2,5H2;/q-1;+1. The number of carbonyl (C=O) groups is 1. The first-order valence-electron chi connectivity index (χ1n) is 3.63. The average Bonchev–Trinajstić information content (AvgIpc) is 2.37. The van der Waals surface area contributed by atoms with Gasteiger partial charge >= 0.3 is 16.5 Å². The van der Waals surface area contributed by atoms with Gasteiger partial charge in [0, 0.05) is 24.7 Å². The van der Waals surface area contributed by atoms with Gasteiger partial charge in [-0.05, 0) is 6.07 Å². The number of aldehydes is 1. The summed E-state index contributed by atoms with van der Waals surface area (Å²) in [7, 11) is 0. The minimum Gasteiger partial charge on any atom is -0.392 e. The number of aliphatic hydroxyl groups excluding tert-OH is 1. The summed E-state index contributed by atoms with van der Waals surface area (Å²) in [5.41, 5.74) is 0.898. The quantitative estimate of drug-likeness (QED) is 0.492. The van der Waals surface area contributed by atoms with Crippen molar-refractivity contribution in [2.45, 2.75) is 18.9 Å². The van der Waals surface area contributed by atoms with Crippen LogP contribution in [0.3, 0.4) is 0 Å². The van der Waals surface area contributed by atoms with E-state index in [4.69, 9.17) is 0 Å². The van der Waals surface area contributed by atoms with E-state index in [1.807, 2.05) is 0 Å². The zero-order chi connectivity index (χ0) is 8.97. The summed E-state index contributed by atoms with van der Waals surface area (Å²) in [5, 5.41) is 13.2. The topological polar surface area (TPSA) is 55.1 Å². The molecule has 0 spiro atoms. The Balaban J connectivity index is 2.51. The zero-order valence-electron chi connectivity index (χ0n) is 6.55. The molecule has 1 atom stereocenters. The summed E-state index contributed by atoms with van der Waals surface area (Å²) in [6.45, 7) is 0. The second kappa shape index (κ2) is 4.41. The summed E-state index contributed by atoms with van der Waals surface area (Å²) >= 11 is 2.41. The van der Waals surface area contributed by atoms with Crippen molar-refractivity contribution in [1.29, 1.82) is 0 Å². The maximum absolute atomic E-state index is 10.0. The van der Waals surface area contributed by atoms with Crippen molar-refractivity contribution < 1.29 is 9.90 Å². The summed E-state index contributed by atoms with van der Waals surface area (Å²) in [6.07, 6.45) is 2.40. The fraction of sp³-hybridized carbons (Fsp3) is 0.429. The molecule has 1 heterocycles. The van der Waals surface area contributed by atoms with Crippen LogP contribution in [0.5, 0.6) is 0 Å². The number of aliphatic hydroxyl groups is 1. The second-order valence-electron chi connectivity index (χ2n) is 2.53. The molecule has 0 amide bonds. The molecule has 4 nitrogen and oxygen atoms in total. The van der Waals surface area contributed by atoms with E-state index < -0.39 is 6.10 Å². The Bertz CT molecular complexity index is 262. The molecule has 1 aromatic rings. The lowest BCUT2D eigenvalue weighted by Gasteiger charge is -2.07. The molecule has 0 aliphatic heterocycles. The lowest BCUT2D eigenvalue weighted by atomic mass is 10.1. The van der Waals surface area contributed by atoms with Gasteiger partial charge in [0.1, 0.15) is 6.29 Å². The molecule has 1 N–H and O–H groups in total. The van der Waals surface area contributed by atoms with Crippen LogP contribution in [0.2, 0.25) is 0 Å². The number of hydrogen-bond acceptors (Lipinski definition) is 3. The SMILES string of the molecule is O=CCC(O)Cc1ccn[n]1[Al]. The van der Waals surface area contributed by atoms with Gasteiger partial charge in [-0.2, -0.15) is 0 Å². The van der Waals surface area contributed by atoms with Crippen molar-refractivity contribution in [1.82, 2.24) is 8.76 Å². The first-order valence-corrected chi connectivity index (χ1v) is 4.15. The van der Waals surface area contributed by atoms with Crippen molar-refractivity contribution in [2.24, 2.45) is 0 Å². The van der Waals surface area contributed by atoms with Crippen LogP contribution in [0.1, 0.15) is 12.1 Å². The number of carbonyl (C=O) groups excluding carboxylic acids is 1. The van der Waals surface area contributed by atoms with Gasteiger partial charge in [-0.1, -0.05) is 0 Å². The Morgan fingerprint density at radius 1 is 1.83 bits per heavy atom. The van der Waals surface area contributed by atoms with Crippen LogP contribution in [0.15, 0.2) is 12.3 Å². The van der Waals surface area contributed by atoms with Crippen LogP contribution in [0, 0.1) is 0 Å². The van der Waals surface area contributed by atoms with E-state index in [2.05, 4.69) is 21.6 Å². The molecule has 0 fully saturated rings. The van der Waals surface area contributed by atoms with Gasteiger partial charge in [-0.15, -0.1) is 0 Å². The first kappa shape index (κ1) is 9.46. The van der Waals surface area contributed by atoms with E-state index in [-0.39, 0.29) is 6.42 Å². The molecular formula is C7H9AlN2O2. The molecule has 62 valence electrons. The summed E-state index contributed by atoms with van der Waals surface area (Å²) in [5.74, 6) is 0. The van der Waals surface area contributed by atoms with E-state index in [1.165, 1.54) is 0 Å². The highest BCUT2D eigenvalue weighted by molar-refractivity contribution is 6.06. The summed E-state index contributed by atoms with van der Waals surface area (Å²) in [6, 6.07) is 1.81. The second-order valence-corrected chi connectivity index (χ2v) is 3.02. The molecule has 12 heavy (non-hydrogen) atoms. The van der Waals surface area contributed by atoms with E-state index in [1.54, 1.807) is 15.9 Å². The smallest absolute Gasteiger partial charge is 0.353 e. The van der Waals surface area contributed by atoms with Crippen LogP contribution in [0.4, 0.5) is 0 Å². The third-order valence-corrected chi connectivity index (χ3v) is 2.03. The number of aromatic nitrogens is 2. The zero-order valence-corrected chi connectivity index (χ0v) is 7.71. The van der Waals surface area contributed by atoms with Crippen LogP contribution >= 0.6 is 0 Å². The minimum absolute atomic E-state index is 0.176. The van der Waals surface area contributed by atoms with E-state index in [0.29, 0.717) is 12.7 Å². The maximum atomic E-state index is 10.0. The fourth-order valence-corrected chi connectivity index (χ4v) is 1.21. The van der Waals surface area contributed by atoms with Crippen molar-refractivity contribution >= 4 is 22.8 Å². The van der Waals surface area contributed by atoms with Crippen LogP contribution in [-0.4, -0.2) is 42.8 Å². The van der Waals surface area contributed by atoms with Gasteiger partial charge in [0.15, 0.2) is 0 Å². The Labute approximate surface area is 78.8 Å². The van der Waals surface area contributed by atoms with Crippen molar-refractivity contribution in [3.63, 3.8) is 0 Å². The molecule has 1 rings (SSSR count). The number of rotatable bonds is 4. The molecular weight excluding hydrogens is 171 g/mol. The molecule has 0 bridgehead atoms. The van der Waals surface area contributed by atoms with Gasteiger partial charge < -0.3 is 13.6 Å². The Hall–Kier alpha value is -0.628. The number of hydrogen-bond donors (Lipinski definition) is 1. The lowest BCUT2D eigenvalue weighted by Crippen LogP contribution is -2.14. The van der Waals surface area contributed by atoms with Crippen LogP contribution in [-0.2, 0) is 11.2 Å². The maximum Gasteiger partial charge on any atom is 0.353 e. The predicted molar refractivity (Wildman–Crippen MR) is 43.8 cm³/mol. The molecule has 1 unspecified atom stereocenters. The molecule has 0 aliphatic carbocycles. The normalized spacial score (nSPS) is 12.8. The Kier molecular flexibility index (Phi) is 3.48. The minimum atomic E-state index is -0.599. The van der Waals surface area contributed by atoms with E-state index in [9.17, 15) is 9.90 Å². The van der Waals surface area contributed by atoms with E-state index >= 15 is 0 Å². The predicted octanol–water partition coefficient (Wildman–Crippen LogP) is -0.693. The summed E-state index contributed by atoms with van der Waals surface area (Å²) < 4.78 is 1.61. The Morgan fingerprint density at radius 2 is 2.58 bits per heavy atom. The van der Waals surface area contributed by atoms with Crippen molar-refractivity contribution in [3.05, 3.63) is 18.0 Å². The third-order valence-electron chi connectivity index (χ3n) is 1.57. The van der Waals surface area contributed by atoms with Gasteiger partial charge in [0.05, 0.1) is 6.10 Å². The van der Waals surface area contributed by atoms with Gasteiger partial charge in [0.25, 0.3) is 0 Å². The van der Waals surface area contributed by atoms with Gasteiger partial charge in [0.2, 0.25) is 0 Å². The van der Waals surface area contributed by atoms with Crippen molar-refractivity contribution in [3.8, 4) is 0 Å². The van der Waals surface area contributed by atoms with Gasteiger partial charge in [-0.3, -0.25) is 0 Å². The van der Waals surface area contributed by atoms with Crippen molar-refractivity contribution in [2.75, 3.05) is 0 Å². The molecule has 0 saturated heterocycles. The van der Waals surface area contributed by atoms with Crippen LogP contribution < -0.4 is 0 Å². The van der Waals surface area contributed by atoms with Crippen LogP contribution in [0.25, 0.3) is 0 Å². The first-order chi connectivity index (χ1) is 5.74. The summed E-state index contributed by atoms with van der Waals surface area (Å²) in [4.78, 5) is 10.0. The average molecular weight is 180 g/mol. The molecule has 0 saturated carbocycles. The third kappa shape index (κ3) is 2.45. The monoisotopic (exact) mass is 180 g/mol. The largest absolute Gasteiger partial charge is 0.392 e. The Morgan fingerprint density at radius 3 is 3.08 bits per heavy atom. The lowest BCUT2D eigenvalue weighted by molar-refractivity contribution is -0.109. The highest BCUT2D eigenvalue weighted by Gasteiger charge is 2.06. The molecule has 2 radical (unpaired) electrons. The fourth-order valence-electron chi connectivity index (χ4n) is 0.939. The highest BCUT2D eigenvalue weighted by atomic mass is 27.1. The molecule has 0 aromatic carbocycles. The molecule has 5 heteroatoms. The van der Waals surface area contributed by atoms with E-state index in [0.717, 1.165) is 5.69 Å². The highest BCUT2D eigenvalue weighted by Crippen LogP contribution is 2.02. The molecule has 0 aliphatic rings. The number of nitrogens with zero attached hydrogens (tertiary/aromatic N) is 2. The van der Waals surface area contributed by atoms with Gasteiger partial charge in [-0.25, -0.2) is 5.10 Å².